The number of hydrogen-bond donors (Lipinski definition) is 3. The van der Waals surface area contributed by atoms with Crippen LogP contribution in [0.3, 0.4) is 0 Å². The Labute approximate surface area is 599 Å². The SMILES string of the molecule is CCCCCC/C=C\CCCCCCCC(=O)OC(COC(=O)CCCCCCC/C=C\CCCCCCCC)COP(=O)(O)OCC(O)COP(=O)(O)OCC(COC(=O)CCCCCCCCCCCCCCCCC)OC(=O)CCCCCCCCCCCCCCCCC. The Morgan fingerprint density at radius 1 is 0.276 bits per heavy atom. The van der Waals surface area contributed by atoms with Crippen molar-refractivity contribution in [3.8, 4) is 0 Å². The molecule has 0 aliphatic heterocycles. The summed E-state index contributed by atoms with van der Waals surface area (Å²) in [6.45, 7) is 4.95. The zero-order valence-electron chi connectivity index (χ0n) is 63.2. The summed E-state index contributed by atoms with van der Waals surface area (Å²) in [6.07, 6.45) is 67.2. The highest BCUT2D eigenvalue weighted by Gasteiger charge is 2.30. The number of aliphatic hydroxyl groups excluding tert-OH is 1. The van der Waals surface area contributed by atoms with Crippen LogP contribution in [-0.4, -0.2) is 96.7 Å². The predicted octanol–water partition coefficient (Wildman–Crippen LogP) is 23.3. The number of rotatable bonds is 78. The van der Waals surface area contributed by atoms with E-state index >= 15 is 0 Å². The van der Waals surface area contributed by atoms with E-state index in [-0.39, 0.29) is 25.7 Å². The van der Waals surface area contributed by atoms with Crippen LogP contribution in [0, 0.1) is 0 Å². The van der Waals surface area contributed by atoms with Crippen molar-refractivity contribution in [2.45, 2.75) is 418 Å². The molecule has 0 aromatic heterocycles. The quantitative estimate of drug-likeness (QED) is 0.0169. The maximum absolute atomic E-state index is 13.1. The number of phosphoric acid groups is 2. The lowest BCUT2D eigenvalue weighted by atomic mass is 10.0. The number of ether oxygens (including phenoxy) is 4. The van der Waals surface area contributed by atoms with Gasteiger partial charge in [-0.1, -0.05) is 322 Å². The van der Waals surface area contributed by atoms with E-state index in [9.17, 15) is 43.2 Å². The number of unbranched alkanes of at least 4 members (excludes halogenated alkanes) is 48. The molecule has 578 valence electrons. The van der Waals surface area contributed by atoms with Crippen LogP contribution in [-0.2, 0) is 65.4 Å². The summed E-state index contributed by atoms with van der Waals surface area (Å²) in [4.78, 5) is 73.0. The molecular formula is C79H150O17P2. The first kappa shape index (κ1) is 95.5. The normalized spacial score (nSPS) is 14.0. The highest BCUT2D eigenvalue weighted by Crippen LogP contribution is 2.45. The van der Waals surface area contributed by atoms with Gasteiger partial charge in [0.2, 0.25) is 0 Å². The molecule has 0 aromatic rings. The zero-order valence-corrected chi connectivity index (χ0v) is 65.0. The molecule has 0 amide bonds. The topological polar surface area (TPSA) is 237 Å². The van der Waals surface area contributed by atoms with Gasteiger partial charge in [0.15, 0.2) is 12.2 Å². The molecule has 0 aliphatic carbocycles. The Kier molecular flexibility index (Phi) is 71.0. The van der Waals surface area contributed by atoms with Crippen LogP contribution in [0.25, 0.3) is 0 Å². The summed E-state index contributed by atoms with van der Waals surface area (Å²) >= 11 is 0. The Balaban J connectivity index is 5.29. The van der Waals surface area contributed by atoms with E-state index in [1.807, 2.05) is 0 Å². The van der Waals surface area contributed by atoms with Crippen LogP contribution in [0.5, 0.6) is 0 Å². The van der Waals surface area contributed by atoms with Gasteiger partial charge in [-0.3, -0.25) is 37.3 Å². The van der Waals surface area contributed by atoms with E-state index in [0.29, 0.717) is 25.7 Å². The van der Waals surface area contributed by atoms with Crippen LogP contribution < -0.4 is 0 Å². The first-order valence-corrected chi connectivity index (χ1v) is 43.6. The Morgan fingerprint density at radius 3 is 0.714 bits per heavy atom. The summed E-state index contributed by atoms with van der Waals surface area (Å²) in [5.41, 5.74) is 0. The Bertz CT molecular complexity index is 1950. The van der Waals surface area contributed by atoms with Crippen LogP contribution in [0.2, 0.25) is 0 Å². The van der Waals surface area contributed by atoms with Crippen molar-refractivity contribution in [3.05, 3.63) is 24.3 Å². The molecule has 17 nitrogen and oxygen atoms in total. The standard InChI is InChI=1S/C79H150O17P2/c1-5-9-13-17-21-25-29-33-36-40-43-47-51-55-59-63-76(81)89-69-74(95-78(83)65-61-57-53-49-45-39-32-28-24-20-16-12-8-4)71-93-97(85,86)91-67-73(80)68-92-98(87,88)94-72-75(96-79(84)66-62-58-54-50-46-42-38-35-31-27-23-19-15-11-7-3)70-90-77(82)64-60-56-52-48-44-41-37-34-30-26-22-18-14-10-6-2/h28,32-33,36,73-75,80H,5-27,29-31,34-35,37-72H2,1-4H3,(H,85,86)(H,87,88)/b32-28-,36-33-. The summed E-state index contributed by atoms with van der Waals surface area (Å²) < 4.78 is 68.6. The van der Waals surface area contributed by atoms with Crippen molar-refractivity contribution in [2.24, 2.45) is 0 Å². The predicted molar refractivity (Wildman–Crippen MR) is 400 cm³/mol. The number of hydrogen-bond acceptors (Lipinski definition) is 15. The molecule has 5 unspecified atom stereocenters. The fourth-order valence-electron chi connectivity index (χ4n) is 11.7. The van der Waals surface area contributed by atoms with Crippen molar-refractivity contribution in [3.63, 3.8) is 0 Å². The third kappa shape index (κ3) is 71.9. The largest absolute Gasteiger partial charge is 0.472 e. The molecule has 98 heavy (non-hydrogen) atoms. The fourth-order valence-corrected chi connectivity index (χ4v) is 13.3. The smallest absolute Gasteiger partial charge is 0.462 e. The second-order valence-corrected chi connectivity index (χ2v) is 30.6. The van der Waals surface area contributed by atoms with Crippen molar-refractivity contribution in [2.75, 3.05) is 39.6 Å². The second-order valence-electron chi connectivity index (χ2n) is 27.7. The van der Waals surface area contributed by atoms with Crippen molar-refractivity contribution >= 4 is 39.5 Å². The molecule has 5 atom stereocenters. The van der Waals surface area contributed by atoms with Crippen LogP contribution in [0.4, 0.5) is 0 Å². The van der Waals surface area contributed by atoms with E-state index in [0.717, 1.165) is 122 Å². The first-order chi connectivity index (χ1) is 47.7. The number of aliphatic hydroxyl groups is 1. The van der Waals surface area contributed by atoms with E-state index in [4.69, 9.17) is 37.0 Å². The molecule has 0 heterocycles. The minimum absolute atomic E-state index is 0.0907. The highest BCUT2D eigenvalue weighted by atomic mass is 31.2. The summed E-state index contributed by atoms with van der Waals surface area (Å²) in [6, 6.07) is 0. The molecule has 3 N–H and O–H groups in total. The van der Waals surface area contributed by atoms with E-state index in [1.165, 1.54) is 199 Å². The molecule has 0 aliphatic rings. The molecular weight excluding hydrogens is 1280 g/mol. The monoisotopic (exact) mass is 1430 g/mol. The number of allylic oxidation sites excluding steroid dienone is 4. The third-order valence-electron chi connectivity index (χ3n) is 17.9. The molecule has 19 heteroatoms. The summed E-state index contributed by atoms with van der Waals surface area (Å²) in [5, 5.41) is 10.6. The lowest BCUT2D eigenvalue weighted by molar-refractivity contribution is -0.161. The van der Waals surface area contributed by atoms with Crippen molar-refractivity contribution in [1.29, 1.82) is 0 Å². The molecule has 0 radical (unpaired) electrons. The van der Waals surface area contributed by atoms with Gasteiger partial charge < -0.3 is 33.8 Å². The summed E-state index contributed by atoms with van der Waals surface area (Å²) in [7, 11) is -9.93. The molecule has 0 saturated heterocycles. The first-order valence-electron chi connectivity index (χ1n) is 40.6. The number of phosphoric ester groups is 2. The molecule has 0 aromatic carbocycles. The van der Waals surface area contributed by atoms with Gasteiger partial charge in [0.25, 0.3) is 0 Å². The highest BCUT2D eigenvalue weighted by molar-refractivity contribution is 7.47. The fraction of sp³-hybridized carbons (Fsp3) is 0.899. The van der Waals surface area contributed by atoms with Crippen molar-refractivity contribution < 1.29 is 80.2 Å². The van der Waals surface area contributed by atoms with Gasteiger partial charge >= 0.3 is 39.5 Å². The van der Waals surface area contributed by atoms with E-state index < -0.39 is 97.5 Å². The number of esters is 4. The van der Waals surface area contributed by atoms with E-state index in [1.54, 1.807) is 0 Å². The van der Waals surface area contributed by atoms with Gasteiger partial charge in [0, 0.05) is 25.7 Å². The molecule has 0 rings (SSSR count). The maximum Gasteiger partial charge on any atom is 0.472 e. The molecule has 0 bridgehead atoms. The molecule has 0 fully saturated rings. The Morgan fingerprint density at radius 2 is 0.469 bits per heavy atom. The Hall–Kier alpha value is -2.46. The van der Waals surface area contributed by atoms with Gasteiger partial charge in [-0.15, -0.1) is 0 Å². The average Bonchev–Trinajstić information content (AvgIpc) is 1.07. The van der Waals surface area contributed by atoms with Gasteiger partial charge in [-0.05, 0) is 77.0 Å². The van der Waals surface area contributed by atoms with Crippen molar-refractivity contribution in [1.82, 2.24) is 0 Å². The lowest BCUT2D eigenvalue weighted by Crippen LogP contribution is -2.30. The van der Waals surface area contributed by atoms with E-state index in [2.05, 4.69) is 52.0 Å². The molecule has 0 spiro atoms. The maximum atomic E-state index is 13.1. The van der Waals surface area contributed by atoms with Gasteiger partial charge in [-0.25, -0.2) is 9.13 Å². The third-order valence-corrected chi connectivity index (χ3v) is 19.8. The van der Waals surface area contributed by atoms with Crippen LogP contribution in [0.1, 0.15) is 400 Å². The second kappa shape index (κ2) is 72.9. The average molecular weight is 1430 g/mol. The van der Waals surface area contributed by atoms with Gasteiger partial charge in [0.05, 0.1) is 26.4 Å². The van der Waals surface area contributed by atoms with Gasteiger partial charge in [-0.2, -0.15) is 0 Å². The molecule has 0 saturated carbocycles. The number of carbonyl (C=O) groups excluding carboxylic acids is 4. The lowest BCUT2D eigenvalue weighted by Gasteiger charge is -2.21. The summed E-state index contributed by atoms with van der Waals surface area (Å²) in [5.74, 6) is -2.14. The minimum Gasteiger partial charge on any atom is -0.462 e. The zero-order chi connectivity index (χ0) is 71.8. The van der Waals surface area contributed by atoms with Gasteiger partial charge in [0.1, 0.15) is 19.3 Å². The minimum atomic E-state index is -4.97. The van der Waals surface area contributed by atoms with Crippen LogP contribution >= 0.6 is 15.6 Å². The van der Waals surface area contributed by atoms with Crippen LogP contribution in [0.15, 0.2) is 24.3 Å². The number of carbonyl (C=O) groups is 4.